The van der Waals surface area contributed by atoms with Crippen LogP contribution in [0.3, 0.4) is 0 Å². The maximum absolute atomic E-state index is 11.0. The predicted octanol–water partition coefficient (Wildman–Crippen LogP) is 3.05. The Hall–Kier alpha value is -2.69. The molecule has 19 heavy (non-hydrogen) atoms. The molecule has 0 fully saturated rings. The maximum atomic E-state index is 11.0. The Kier molecular flexibility index (Phi) is 3.56. The minimum Gasteiger partial charge on any atom is -0.378 e. The lowest BCUT2D eigenvalue weighted by Gasteiger charge is -2.00. The second-order valence-corrected chi connectivity index (χ2v) is 4.14. The third-order valence-electron chi connectivity index (χ3n) is 2.70. The molecule has 1 aromatic carbocycles. The molecule has 0 radical (unpaired) electrons. The van der Waals surface area contributed by atoms with Crippen LogP contribution in [0.25, 0.3) is 12.2 Å². The molecule has 5 nitrogen and oxygen atoms in total. The van der Waals surface area contributed by atoms with Crippen LogP contribution >= 0.6 is 0 Å². The molecule has 0 aliphatic rings. The standard InChI is InChI=1S/C14H13N3O2/c1-10-2-4-11(5-3-10)6-7-12-8-9-16-14(15)13(12)17(18)19/h2-9H,1H3,(H2,15,16)/b7-6+. The Morgan fingerprint density at radius 2 is 1.89 bits per heavy atom. The fourth-order valence-electron chi connectivity index (χ4n) is 1.68. The minimum absolute atomic E-state index is 0.0731. The average molecular weight is 255 g/mol. The number of nitro groups is 1. The van der Waals surface area contributed by atoms with Gasteiger partial charge in [0, 0.05) is 6.20 Å². The summed E-state index contributed by atoms with van der Waals surface area (Å²) in [5.41, 5.74) is 7.94. The van der Waals surface area contributed by atoms with Gasteiger partial charge >= 0.3 is 5.69 Å². The first-order chi connectivity index (χ1) is 9.08. The molecule has 0 aliphatic carbocycles. The Labute approximate surface area is 110 Å². The van der Waals surface area contributed by atoms with E-state index in [9.17, 15) is 10.1 Å². The van der Waals surface area contributed by atoms with E-state index in [1.165, 1.54) is 6.20 Å². The van der Waals surface area contributed by atoms with E-state index in [4.69, 9.17) is 5.73 Å². The molecular formula is C14H13N3O2. The Morgan fingerprint density at radius 1 is 1.21 bits per heavy atom. The van der Waals surface area contributed by atoms with E-state index in [1.54, 1.807) is 18.2 Å². The van der Waals surface area contributed by atoms with E-state index in [0.29, 0.717) is 5.56 Å². The smallest absolute Gasteiger partial charge is 0.318 e. The van der Waals surface area contributed by atoms with Gasteiger partial charge in [-0.2, -0.15) is 0 Å². The summed E-state index contributed by atoms with van der Waals surface area (Å²) in [6.45, 7) is 2.00. The van der Waals surface area contributed by atoms with Crippen molar-refractivity contribution >= 4 is 23.7 Å². The van der Waals surface area contributed by atoms with Crippen molar-refractivity contribution in [2.45, 2.75) is 6.92 Å². The lowest BCUT2D eigenvalue weighted by atomic mass is 10.1. The molecule has 0 spiro atoms. The number of benzene rings is 1. The number of hydrogen-bond acceptors (Lipinski definition) is 4. The molecule has 1 heterocycles. The second-order valence-electron chi connectivity index (χ2n) is 4.14. The van der Waals surface area contributed by atoms with Crippen molar-refractivity contribution < 1.29 is 4.92 Å². The summed E-state index contributed by atoms with van der Waals surface area (Å²) in [6.07, 6.45) is 4.93. The lowest BCUT2D eigenvalue weighted by molar-refractivity contribution is -0.384. The van der Waals surface area contributed by atoms with E-state index in [1.807, 2.05) is 31.2 Å². The zero-order valence-electron chi connectivity index (χ0n) is 10.4. The number of nitrogens with zero attached hydrogens (tertiary/aromatic N) is 2. The summed E-state index contributed by atoms with van der Waals surface area (Å²) in [6, 6.07) is 9.42. The van der Waals surface area contributed by atoms with Gasteiger partial charge in [-0.1, -0.05) is 35.9 Å². The lowest BCUT2D eigenvalue weighted by Crippen LogP contribution is -2.00. The quantitative estimate of drug-likeness (QED) is 0.675. The second kappa shape index (κ2) is 5.30. The number of hydrogen-bond donors (Lipinski definition) is 1. The van der Waals surface area contributed by atoms with Crippen LogP contribution in [-0.4, -0.2) is 9.91 Å². The first kappa shape index (κ1) is 12.8. The van der Waals surface area contributed by atoms with E-state index >= 15 is 0 Å². The van der Waals surface area contributed by atoms with Gasteiger partial charge in [-0.25, -0.2) is 4.98 Å². The number of pyridine rings is 1. The number of anilines is 1. The zero-order chi connectivity index (χ0) is 13.8. The highest BCUT2D eigenvalue weighted by molar-refractivity contribution is 5.77. The van der Waals surface area contributed by atoms with Gasteiger partial charge in [0.15, 0.2) is 0 Å². The van der Waals surface area contributed by atoms with Crippen molar-refractivity contribution in [3.63, 3.8) is 0 Å². The highest BCUT2D eigenvalue weighted by atomic mass is 16.6. The third-order valence-corrected chi connectivity index (χ3v) is 2.70. The summed E-state index contributed by atoms with van der Waals surface area (Å²) >= 11 is 0. The van der Waals surface area contributed by atoms with Crippen LogP contribution in [0, 0.1) is 17.0 Å². The molecule has 2 aromatic rings. The molecule has 0 amide bonds. The van der Waals surface area contributed by atoms with Gasteiger partial charge in [-0.15, -0.1) is 0 Å². The molecule has 0 saturated carbocycles. The first-order valence-corrected chi connectivity index (χ1v) is 5.71. The van der Waals surface area contributed by atoms with Gasteiger partial charge in [-0.3, -0.25) is 10.1 Å². The molecule has 96 valence electrons. The van der Waals surface area contributed by atoms with Crippen LogP contribution in [0.1, 0.15) is 16.7 Å². The van der Waals surface area contributed by atoms with Crippen molar-refractivity contribution in [2.24, 2.45) is 0 Å². The monoisotopic (exact) mass is 255 g/mol. The van der Waals surface area contributed by atoms with Crippen LogP contribution in [0.2, 0.25) is 0 Å². The fraction of sp³-hybridized carbons (Fsp3) is 0.0714. The normalized spacial score (nSPS) is 10.8. The number of aromatic nitrogens is 1. The van der Waals surface area contributed by atoms with Crippen molar-refractivity contribution in [3.05, 3.63) is 63.3 Å². The molecule has 0 unspecified atom stereocenters. The molecule has 2 N–H and O–H groups in total. The van der Waals surface area contributed by atoms with Crippen molar-refractivity contribution in [1.29, 1.82) is 0 Å². The van der Waals surface area contributed by atoms with Crippen molar-refractivity contribution in [1.82, 2.24) is 4.98 Å². The summed E-state index contributed by atoms with van der Waals surface area (Å²) in [5.74, 6) is -0.0731. The number of nitrogen functional groups attached to an aromatic ring is 1. The van der Waals surface area contributed by atoms with Crippen molar-refractivity contribution in [3.8, 4) is 0 Å². The number of aryl methyl sites for hydroxylation is 1. The molecule has 0 aliphatic heterocycles. The maximum Gasteiger partial charge on any atom is 0.318 e. The van der Waals surface area contributed by atoms with E-state index in [-0.39, 0.29) is 11.5 Å². The van der Waals surface area contributed by atoms with E-state index in [0.717, 1.165) is 11.1 Å². The summed E-state index contributed by atoms with van der Waals surface area (Å²) < 4.78 is 0. The third kappa shape index (κ3) is 2.95. The highest BCUT2D eigenvalue weighted by Gasteiger charge is 2.16. The van der Waals surface area contributed by atoms with Gasteiger partial charge in [0.1, 0.15) is 0 Å². The fourth-order valence-corrected chi connectivity index (χ4v) is 1.68. The SMILES string of the molecule is Cc1ccc(/C=C/c2ccnc(N)c2[N+](=O)[O-])cc1. The van der Waals surface area contributed by atoms with Crippen molar-refractivity contribution in [2.75, 3.05) is 5.73 Å². The summed E-state index contributed by atoms with van der Waals surface area (Å²) in [5, 5.41) is 11.0. The molecule has 0 atom stereocenters. The zero-order valence-corrected chi connectivity index (χ0v) is 10.4. The molecule has 0 bridgehead atoms. The topological polar surface area (TPSA) is 82.0 Å². The average Bonchev–Trinajstić information content (AvgIpc) is 2.37. The van der Waals surface area contributed by atoms with Crippen LogP contribution < -0.4 is 5.73 Å². The number of rotatable bonds is 3. The van der Waals surface area contributed by atoms with E-state index in [2.05, 4.69) is 4.98 Å². The van der Waals surface area contributed by atoms with Crippen LogP contribution in [-0.2, 0) is 0 Å². The Bertz CT molecular complexity index is 634. The summed E-state index contributed by atoms with van der Waals surface area (Å²) in [4.78, 5) is 14.2. The minimum atomic E-state index is -0.517. The largest absolute Gasteiger partial charge is 0.378 e. The van der Waals surface area contributed by atoms with Gasteiger partial charge in [0.25, 0.3) is 0 Å². The Morgan fingerprint density at radius 3 is 2.53 bits per heavy atom. The molecule has 5 heteroatoms. The molecule has 0 saturated heterocycles. The van der Waals surface area contributed by atoms with Gasteiger partial charge in [0.05, 0.1) is 10.5 Å². The summed E-state index contributed by atoms with van der Waals surface area (Å²) in [7, 11) is 0. The predicted molar refractivity (Wildman–Crippen MR) is 75.4 cm³/mol. The van der Waals surface area contributed by atoms with Crippen LogP contribution in [0.15, 0.2) is 36.5 Å². The molecular weight excluding hydrogens is 242 g/mol. The molecule has 2 rings (SSSR count). The number of nitrogens with two attached hydrogens (primary N) is 1. The first-order valence-electron chi connectivity index (χ1n) is 5.71. The van der Waals surface area contributed by atoms with E-state index < -0.39 is 4.92 Å². The van der Waals surface area contributed by atoms with Gasteiger partial charge in [0.2, 0.25) is 5.82 Å². The highest BCUT2D eigenvalue weighted by Crippen LogP contribution is 2.25. The Balaban J connectivity index is 2.36. The van der Waals surface area contributed by atoms with Crippen LogP contribution in [0.5, 0.6) is 0 Å². The molecule has 1 aromatic heterocycles. The van der Waals surface area contributed by atoms with Gasteiger partial charge in [-0.05, 0) is 24.6 Å². The van der Waals surface area contributed by atoms with Gasteiger partial charge < -0.3 is 5.73 Å². The van der Waals surface area contributed by atoms with Crippen LogP contribution in [0.4, 0.5) is 11.5 Å².